The van der Waals surface area contributed by atoms with Crippen molar-refractivity contribution in [2.45, 2.75) is 63.4 Å². The summed E-state index contributed by atoms with van der Waals surface area (Å²) >= 11 is 0. The number of nitrogens with zero attached hydrogens (tertiary/aromatic N) is 6. The van der Waals surface area contributed by atoms with Crippen molar-refractivity contribution >= 4 is 28.8 Å². The SMILES string of the molecule is C=CCN(Cn1nnc2ccccc21)C(=O)C1N(CCCO)C(=O)[C@@H]2[C@@H](C(=O)N(CC=C)CCC)[C@@]3(C)CCC12O3. The van der Waals surface area contributed by atoms with Gasteiger partial charge in [0.15, 0.2) is 0 Å². The lowest BCUT2D eigenvalue weighted by Crippen LogP contribution is -2.56. The van der Waals surface area contributed by atoms with Crippen molar-refractivity contribution in [1.82, 2.24) is 29.7 Å². The third-order valence-corrected chi connectivity index (χ3v) is 8.87. The lowest BCUT2D eigenvalue weighted by atomic mass is 9.66. The molecule has 2 unspecified atom stereocenters. The van der Waals surface area contributed by atoms with E-state index in [2.05, 4.69) is 23.5 Å². The minimum atomic E-state index is -1.14. The molecule has 3 aliphatic heterocycles. The van der Waals surface area contributed by atoms with Gasteiger partial charge < -0.3 is 24.5 Å². The fraction of sp³-hybridized carbons (Fsp3) is 0.567. The number of hydrogen-bond donors (Lipinski definition) is 1. The largest absolute Gasteiger partial charge is 0.396 e. The summed E-state index contributed by atoms with van der Waals surface area (Å²) in [5.41, 5.74) is -0.521. The van der Waals surface area contributed by atoms with Crippen LogP contribution < -0.4 is 0 Å². The van der Waals surface area contributed by atoms with Crippen molar-refractivity contribution in [2.75, 3.05) is 32.8 Å². The van der Waals surface area contributed by atoms with E-state index in [0.717, 1.165) is 11.9 Å². The highest BCUT2D eigenvalue weighted by atomic mass is 16.5. The van der Waals surface area contributed by atoms with E-state index in [4.69, 9.17) is 4.74 Å². The van der Waals surface area contributed by atoms with E-state index in [1.54, 1.807) is 31.5 Å². The van der Waals surface area contributed by atoms with Gasteiger partial charge in [-0.2, -0.15) is 0 Å². The van der Waals surface area contributed by atoms with Gasteiger partial charge in [0.05, 0.1) is 23.0 Å². The van der Waals surface area contributed by atoms with Crippen LogP contribution in [0.4, 0.5) is 0 Å². The molecular formula is C30H40N6O5. The summed E-state index contributed by atoms with van der Waals surface area (Å²) in [6, 6.07) is 6.55. The number of aliphatic hydroxyl groups excluding tert-OH is 1. The van der Waals surface area contributed by atoms with Gasteiger partial charge in [0, 0.05) is 32.8 Å². The molecule has 2 aromatic rings. The number of hydrogen-bond acceptors (Lipinski definition) is 7. The summed E-state index contributed by atoms with van der Waals surface area (Å²) in [4.78, 5) is 47.7. The minimum absolute atomic E-state index is 0.105. The first-order valence-corrected chi connectivity index (χ1v) is 14.5. The molecule has 41 heavy (non-hydrogen) atoms. The van der Waals surface area contributed by atoms with Crippen molar-refractivity contribution < 1.29 is 24.2 Å². The van der Waals surface area contributed by atoms with Crippen molar-refractivity contribution in [3.05, 3.63) is 49.6 Å². The molecule has 0 saturated carbocycles. The summed E-state index contributed by atoms with van der Waals surface area (Å²) in [7, 11) is 0. The molecule has 1 N–H and O–H groups in total. The standard InChI is InChI=1S/C30H40N6O5/c1-5-15-33(16-6-2)26(38)23-24-27(39)35(18-10-19-37)25(30(24)14-13-29(23,4)41-30)28(40)34(17-7-3)20-36-22-12-9-8-11-21(22)31-32-36/h5,7-9,11-12,23-25,37H,1,3,6,10,13-20H2,2,4H3/t23-,24-,25?,29+,30?/m0/s1. The number of carbonyl (C=O) groups excluding carboxylic acids is 3. The number of carbonyl (C=O) groups is 3. The molecule has 3 amide bonds. The number of aromatic nitrogens is 3. The molecule has 3 fully saturated rings. The van der Waals surface area contributed by atoms with E-state index in [0.29, 0.717) is 37.9 Å². The predicted octanol–water partition coefficient (Wildman–Crippen LogP) is 1.98. The number of para-hydroxylation sites is 1. The summed E-state index contributed by atoms with van der Waals surface area (Å²) in [5, 5.41) is 18.1. The van der Waals surface area contributed by atoms with Gasteiger partial charge in [-0.05, 0) is 44.7 Å². The maximum absolute atomic E-state index is 14.5. The van der Waals surface area contributed by atoms with E-state index in [-0.39, 0.29) is 44.1 Å². The first kappa shape index (κ1) is 28.9. The molecule has 5 atom stereocenters. The lowest BCUT2D eigenvalue weighted by molar-refractivity contribution is -0.154. The molecule has 11 nitrogen and oxygen atoms in total. The number of aliphatic hydroxyl groups is 1. The van der Waals surface area contributed by atoms with Gasteiger partial charge >= 0.3 is 0 Å². The van der Waals surface area contributed by atoms with Crippen LogP contribution in [0, 0.1) is 11.8 Å². The number of rotatable bonds is 13. The van der Waals surface area contributed by atoms with Gasteiger partial charge in [0.1, 0.15) is 23.8 Å². The highest BCUT2D eigenvalue weighted by Crippen LogP contribution is 2.63. The molecule has 3 aliphatic rings. The predicted molar refractivity (Wildman–Crippen MR) is 152 cm³/mol. The average molecular weight is 565 g/mol. The van der Waals surface area contributed by atoms with Crippen LogP contribution in [0.3, 0.4) is 0 Å². The van der Waals surface area contributed by atoms with E-state index >= 15 is 0 Å². The van der Waals surface area contributed by atoms with Crippen LogP contribution in [0.2, 0.25) is 0 Å². The summed E-state index contributed by atoms with van der Waals surface area (Å²) in [6.45, 7) is 12.9. The van der Waals surface area contributed by atoms with E-state index in [9.17, 15) is 19.5 Å². The number of likely N-dealkylation sites (tertiary alicyclic amines) is 1. The molecule has 0 radical (unpaired) electrons. The summed E-state index contributed by atoms with van der Waals surface area (Å²) in [6.07, 6.45) is 5.45. The molecule has 1 aromatic carbocycles. The van der Waals surface area contributed by atoms with Crippen LogP contribution in [-0.4, -0.2) is 103 Å². The number of ether oxygens (including phenoxy) is 1. The smallest absolute Gasteiger partial charge is 0.250 e. The van der Waals surface area contributed by atoms with Gasteiger partial charge in [0.25, 0.3) is 0 Å². The fourth-order valence-electron chi connectivity index (χ4n) is 7.21. The second-order valence-corrected chi connectivity index (χ2v) is 11.5. The summed E-state index contributed by atoms with van der Waals surface area (Å²) in [5.74, 6) is -2.20. The Morgan fingerprint density at radius 2 is 1.90 bits per heavy atom. The van der Waals surface area contributed by atoms with Crippen molar-refractivity contribution in [3.63, 3.8) is 0 Å². The zero-order valence-electron chi connectivity index (χ0n) is 23.9. The molecule has 1 spiro atoms. The molecule has 5 rings (SSSR count). The molecule has 1 aromatic heterocycles. The Hall–Kier alpha value is -3.57. The Balaban J connectivity index is 1.53. The topological polar surface area (TPSA) is 121 Å². The van der Waals surface area contributed by atoms with Crippen LogP contribution in [-0.2, 0) is 25.8 Å². The maximum Gasteiger partial charge on any atom is 0.250 e. The monoisotopic (exact) mass is 564 g/mol. The third kappa shape index (κ3) is 4.64. The normalized spacial score (nSPS) is 28.2. The molecule has 0 aliphatic carbocycles. The fourth-order valence-corrected chi connectivity index (χ4v) is 7.21. The highest BCUT2D eigenvalue weighted by Gasteiger charge is 2.78. The van der Waals surface area contributed by atoms with Crippen LogP contribution in [0.5, 0.6) is 0 Å². The van der Waals surface area contributed by atoms with Crippen molar-refractivity contribution in [3.8, 4) is 0 Å². The second kappa shape index (κ2) is 11.4. The third-order valence-electron chi connectivity index (χ3n) is 8.87. The molecule has 4 heterocycles. The van der Waals surface area contributed by atoms with Crippen LogP contribution in [0.1, 0.15) is 39.5 Å². The Bertz CT molecular complexity index is 1340. The van der Waals surface area contributed by atoms with Crippen molar-refractivity contribution in [2.24, 2.45) is 11.8 Å². The van der Waals surface area contributed by atoms with Gasteiger partial charge in [-0.1, -0.05) is 36.4 Å². The van der Waals surface area contributed by atoms with Gasteiger partial charge in [-0.25, -0.2) is 4.68 Å². The lowest BCUT2D eigenvalue weighted by Gasteiger charge is -2.36. The molecule has 11 heteroatoms. The molecule has 3 saturated heterocycles. The quantitative estimate of drug-likeness (QED) is 0.369. The average Bonchev–Trinajstić information content (AvgIpc) is 3.66. The Morgan fingerprint density at radius 3 is 2.61 bits per heavy atom. The van der Waals surface area contributed by atoms with E-state index < -0.39 is 29.1 Å². The van der Waals surface area contributed by atoms with Crippen LogP contribution >= 0.6 is 0 Å². The molecular weight excluding hydrogens is 524 g/mol. The van der Waals surface area contributed by atoms with E-state index in [1.165, 1.54) is 0 Å². The minimum Gasteiger partial charge on any atom is -0.396 e. The van der Waals surface area contributed by atoms with Crippen LogP contribution in [0.15, 0.2) is 49.6 Å². The second-order valence-electron chi connectivity index (χ2n) is 11.5. The Morgan fingerprint density at radius 1 is 1.17 bits per heavy atom. The zero-order valence-corrected chi connectivity index (χ0v) is 23.9. The molecule has 2 bridgehead atoms. The molecule has 220 valence electrons. The zero-order chi connectivity index (χ0) is 29.4. The Labute approximate surface area is 240 Å². The van der Waals surface area contributed by atoms with Crippen LogP contribution in [0.25, 0.3) is 11.0 Å². The van der Waals surface area contributed by atoms with Gasteiger partial charge in [-0.3, -0.25) is 14.4 Å². The first-order chi connectivity index (χ1) is 19.8. The van der Waals surface area contributed by atoms with Gasteiger partial charge in [0.2, 0.25) is 17.7 Å². The number of amides is 3. The van der Waals surface area contributed by atoms with Crippen molar-refractivity contribution in [1.29, 1.82) is 0 Å². The highest BCUT2D eigenvalue weighted by molar-refractivity contribution is 5.99. The van der Waals surface area contributed by atoms with Gasteiger partial charge in [-0.15, -0.1) is 18.3 Å². The first-order valence-electron chi connectivity index (χ1n) is 14.5. The maximum atomic E-state index is 14.5. The summed E-state index contributed by atoms with van der Waals surface area (Å²) < 4.78 is 8.41. The number of benzene rings is 1. The Kier molecular flexibility index (Phi) is 8.02. The number of fused-ring (bicyclic) bond motifs is 2. The van der Waals surface area contributed by atoms with E-state index in [1.807, 2.05) is 38.1 Å².